The van der Waals surface area contributed by atoms with Gasteiger partial charge >= 0.3 is 5.97 Å². The summed E-state index contributed by atoms with van der Waals surface area (Å²) in [5.41, 5.74) is 5.35. The summed E-state index contributed by atoms with van der Waals surface area (Å²) in [4.78, 5) is 18.6. The highest BCUT2D eigenvalue weighted by molar-refractivity contribution is 5.85. The van der Waals surface area contributed by atoms with Crippen LogP contribution < -0.4 is 0 Å². The minimum atomic E-state index is -0.942. The maximum atomic E-state index is 10.5. The standard InChI is InChI=1S/C20H20N2O2/c1-13(2)16-8-9-17-18(12-16)22-19(21-17)11-15-5-3-14(4-6-15)7-10-20(23)24/h3-10,12-13H,11H2,1-2H3,(H,21,22)(H,23,24)/b10-7+. The Balaban J connectivity index is 1.78. The van der Waals surface area contributed by atoms with Crippen LogP contribution in [0.1, 0.15) is 42.3 Å². The van der Waals surface area contributed by atoms with Gasteiger partial charge in [0.15, 0.2) is 0 Å². The fraction of sp³-hybridized carbons (Fsp3) is 0.200. The highest BCUT2D eigenvalue weighted by atomic mass is 16.4. The summed E-state index contributed by atoms with van der Waals surface area (Å²) >= 11 is 0. The molecule has 0 saturated heterocycles. The van der Waals surface area contributed by atoms with Crippen molar-refractivity contribution in [2.24, 2.45) is 0 Å². The summed E-state index contributed by atoms with van der Waals surface area (Å²) in [6.45, 7) is 4.36. The predicted molar refractivity (Wildman–Crippen MR) is 96.1 cm³/mol. The van der Waals surface area contributed by atoms with Crippen molar-refractivity contribution in [2.75, 3.05) is 0 Å². The van der Waals surface area contributed by atoms with Gasteiger partial charge in [0.1, 0.15) is 5.82 Å². The first-order valence-electron chi connectivity index (χ1n) is 8.00. The molecule has 24 heavy (non-hydrogen) atoms. The van der Waals surface area contributed by atoms with Crippen LogP contribution in [-0.4, -0.2) is 21.0 Å². The largest absolute Gasteiger partial charge is 0.478 e. The van der Waals surface area contributed by atoms with E-state index in [0.717, 1.165) is 34.1 Å². The molecular formula is C20H20N2O2. The van der Waals surface area contributed by atoms with Gasteiger partial charge in [-0.25, -0.2) is 9.78 Å². The molecule has 0 saturated carbocycles. The van der Waals surface area contributed by atoms with Crippen LogP contribution in [0.25, 0.3) is 17.1 Å². The summed E-state index contributed by atoms with van der Waals surface area (Å²) in [6, 6.07) is 14.2. The summed E-state index contributed by atoms with van der Waals surface area (Å²) in [5, 5.41) is 8.65. The molecular weight excluding hydrogens is 300 g/mol. The lowest BCUT2D eigenvalue weighted by atomic mass is 10.0. The number of nitrogens with zero attached hydrogens (tertiary/aromatic N) is 1. The van der Waals surface area contributed by atoms with Crippen LogP contribution in [-0.2, 0) is 11.2 Å². The fourth-order valence-corrected chi connectivity index (χ4v) is 2.63. The Labute approximate surface area is 140 Å². The number of imidazole rings is 1. The molecule has 0 spiro atoms. The lowest BCUT2D eigenvalue weighted by molar-refractivity contribution is -0.131. The Morgan fingerprint density at radius 3 is 2.62 bits per heavy atom. The minimum absolute atomic E-state index is 0.493. The first-order valence-corrected chi connectivity index (χ1v) is 8.00. The van der Waals surface area contributed by atoms with E-state index in [4.69, 9.17) is 5.11 Å². The summed E-state index contributed by atoms with van der Waals surface area (Å²) < 4.78 is 0. The maximum Gasteiger partial charge on any atom is 0.328 e. The molecule has 3 rings (SSSR count). The Morgan fingerprint density at radius 1 is 1.21 bits per heavy atom. The minimum Gasteiger partial charge on any atom is -0.478 e. The van der Waals surface area contributed by atoms with E-state index in [1.807, 2.05) is 24.3 Å². The molecule has 0 aliphatic rings. The molecule has 0 fully saturated rings. The van der Waals surface area contributed by atoms with Gasteiger partial charge < -0.3 is 10.1 Å². The molecule has 2 N–H and O–H groups in total. The number of carbonyl (C=O) groups is 1. The van der Waals surface area contributed by atoms with Gasteiger partial charge in [-0.2, -0.15) is 0 Å². The summed E-state index contributed by atoms with van der Waals surface area (Å²) in [6.07, 6.45) is 3.44. The number of nitrogens with one attached hydrogen (secondary N) is 1. The van der Waals surface area contributed by atoms with Crippen molar-refractivity contribution in [1.29, 1.82) is 0 Å². The Bertz CT molecular complexity index is 890. The number of carboxylic acids is 1. The van der Waals surface area contributed by atoms with Gasteiger partial charge in [0.2, 0.25) is 0 Å². The van der Waals surface area contributed by atoms with Crippen molar-refractivity contribution in [3.63, 3.8) is 0 Å². The monoisotopic (exact) mass is 320 g/mol. The number of aliphatic carboxylic acids is 1. The number of rotatable bonds is 5. The number of hydrogen-bond acceptors (Lipinski definition) is 2. The van der Waals surface area contributed by atoms with Gasteiger partial charge in [-0.05, 0) is 40.8 Å². The van der Waals surface area contributed by atoms with E-state index < -0.39 is 5.97 Å². The van der Waals surface area contributed by atoms with Gasteiger partial charge in [0.05, 0.1) is 11.0 Å². The van der Waals surface area contributed by atoms with Gasteiger partial charge in [-0.15, -0.1) is 0 Å². The number of aromatic nitrogens is 2. The molecule has 1 heterocycles. The van der Waals surface area contributed by atoms with E-state index in [1.54, 1.807) is 6.08 Å². The third kappa shape index (κ3) is 3.71. The highest BCUT2D eigenvalue weighted by Gasteiger charge is 2.06. The molecule has 0 atom stereocenters. The van der Waals surface area contributed by atoms with Gasteiger partial charge in [0.25, 0.3) is 0 Å². The van der Waals surface area contributed by atoms with E-state index in [9.17, 15) is 4.79 Å². The SMILES string of the molecule is CC(C)c1ccc2nc(Cc3ccc(/C=C/C(=O)O)cc3)[nH]c2c1. The summed E-state index contributed by atoms with van der Waals surface area (Å²) in [5.74, 6) is 0.481. The summed E-state index contributed by atoms with van der Waals surface area (Å²) in [7, 11) is 0. The second-order valence-electron chi connectivity index (χ2n) is 6.20. The fourth-order valence-electron chi connectivity index (χ4n) is 2.63. The topological polar surface area (TPSA) is 66.0 Å². The zero-order valence-corrected chi connectivity index (χ0v) is 13.8. The molecule has 1 aromatic heterocycles. The van der Waals surface area contributed by atoms with Crippen LogP contribution in [0.15, 0.2) is 48.5 Å². The first-order chi connectivity index (χ1) is 11.5. The second kappa shape index (κ2) is 6.71. The Morgan fingerprint density at radius 2 is 1.96 bits per heavy atom. The van der Waals surface area contributed by atoms with Crippen LogP contribution in [0.4, 0.5) is 0 Å². The number of carboxylic acid groups (broad SMARTS) is 1. The van der Waals surface area contributed by atoms with Crippen LogP contribution in [0, 0.1) is 0 Å². The molecule has 0 aliphatic carbocycles. The molecule has 0 aliphatic heterocycles. The van der Waals surface area contributed by atoms with Gasteiger partial charge in [0, 0.05) is 12.5 Å². The predicted octanol–water partition coefficient (Wildman–Crippen LogP) is 4.37. The smallest absolute Gasteiger partial charge is 0.328 e. The third-order valence-electron chi connectivity index (χ3n) is 3.99. The van der Waals surface area contributed by atoms with E-state index in [1.165, 1.54) is 5.56 Å². The van der Waals surface area contributed by atoms with Crippen LogP contribution in [0.3, 0.4) is 0 Å². The van der Waals surface area contributed by atoms with E-state index in [-0.39, 0.29) is 0 Å². The highest BCUT2D eigenvalue weighted by Crippen LogP contribution is 2.21. The first kappa shape index (κ1) is 16.0. The van der Waals surface area contributed by atoms with E-state index >= 15 is 0 Å². The van der Waals surface area contributed by atoms with E-state index in [2.05, 4.69) is 42.0 Å². The number of benzene rings is 2. The maximum absolute atomic E-state index is 10.5. The molecule has 3 aromatic rings. The quantitative estimate of drug-likeness (QED) is 0.686. The second-order valence-corrected chi connectivity index (χ2v) is 6.20. The Hall–Kier alpha value is -2.88. The average Bonchev–Trinajstić information content (AvgIpc) is 2.95. The van der Waals surface area contributed by atoms with Crippen LogP contribution in [0.2, 0.25) is 0 Å². The van der Waals surface area contributed by atoms with Crippen molar-refractivity contribution >= 4 is 23.1 Å². The molecule has 2 aromatic carbocycles. The molecule has 122 valence electrons. The normalized spacial score (nSPS) is 11.6. The van der Waals surface area contributed by atoms with Crippen molar-refractivity contribution in [2.45, 2.75) is 26.2 Å². The molecule has 0 amide bonds. The number of H-pyrrole nitrogens is 1. The third-order valence-corrected chi connectivity index (χ3v) is 3.99. The number of hydrogen-bond donors (Lipinski definition) is 2. The van der Waals surface area contributed by atoms with Gasteiger partial charge in [-0.3, -0.25) is 0 Å². The zero-order chi connectivity index (χ0) is 17.1. The molecule has 0 unspecified atom stereocenters. The van der Waals surface area contributed by atoms with E-state index in [0.29, 0.717) is 12.3 Å². The van der Waals surface area contributed by atoms with Crippen molar-refractivity contribution in [1.82, 2.24) is 9.97 Å². The lowest BCUT2D eigenvalue weighted by Gasteiger charge is -2.03. The van der Waals surface area contributed by atoms with Gasteiger partial charge in [-0.1, -0.05) is 44.2 Å². The molecule has 0 bridgehead atoms. The van der Waals surface area contributed by atoms with Crippen molar-refractivity contribution in [3.05, 3.63) is 71.1 Å². The molecule has 4 heteroatoms. The van der Waals surface area contributed by atoms with Crippen LogP contribution in [0.5, 0.6) is 0 Å². The lowest BCUT2D eigenvalue weighted by Crippen LogP contribution is -1.91. The number of aromatic amines is 1. The molecule has 4 nitrogen and oxygen atoms in total. The Kier molecular flexibility index (Phi) is 4.47. The molecule has 0 radical (unpaired) electrons. The zero-order valence-electron chi connectivity index (χ0n) is 13.8. The van der Waals surface area contributed by atoms with Crippen molar-refractivity contribution in [3.8, 4) is 0 Å². The van der Waals surface area contributed by atoms with Crippen molar-refractivity contribution < 1.29 is 9.90 Å². The average molecular weight is 320 g/mol. The number of fused-ring (bicyclic) bond motifs is 1. The van der Waals surface area contributed by atoms with Crippen LogP contribution >= 0.6 is 0 Å².